The van der Waals surface area contributed by atoms with E-state index >= 15 is 0 Å². The van der Waals surface area contributed by atoms with Gasteiger partial charge in [0.2, 0.25) is 0 Å². The number of phenolic OH excluding ortho intramolecular Hbond substituents is 1. The molecule has 4 fully saturated rings. The zero-order valence-corrected chi connectivity index (χ0v) is 81.0. The van der Waals surface area contributed by atoms with Crippen molar-refractivity contribution >= 4 is 48.0 Å². The maximum Gasteiger partial charge on any atom is 0.430 e. The maximum absolute atomic E-state index is 13.4. The van der Waals surface area contributed by atoms with E-state index in [1.807, 2.05) is 133 Å². The van der Waals surface area contributed by atoms with Gasteiger partial charge >= 0.3 is 48.0 Å². The number of aromatic hydroxyl groups is 1. The van der Waals surface area contributed by atoms with Crippen molar-refractivity contribution in [3.8, 4) is 46.0 Å². The molecule has 0 saturated carbocycles. The Hall–Kier alpha value is -14.7. The largest absolute Gasteiger partial charge is 0.504 e. The molecule has 4 saturated heterocycles. The Morgan fingerprint density at radius 1 is 0.386 bits per heavy atom. The van der Waals surface area contributed by atoms with Crippen LogP contribution in [0.4, 0.5) is 9.59 Å². The number of carbonyl (C=O) groups excluding carboxylic acids is 8. The van der Waals surface area contributed by atoms with Gasteiger partial charge in [0.05, 0.1) is 52.3 Å². The number of aliphatic hydroxyl groups is 1. The van der Waals surface area contributed by atoms with Gasteiger partial charge in [-0.25, -0.2) is 48.8 Å². The van der Waals surface area contributed by atoms with E-state index in [2.05, 4.69) is 76.0 Å². The summed E-state index contributed by atoms with van der Waals surface area (Å²) in [7, 11) is 4.37. The van der Waals surface area contributed by atoms with Gasteiger partial charge in [-0.05, 0) is 250 Å². The molecule has 145 heavy (non-hydrogen) atoms. The van der Waals surface area contributed by atoms with E-state index in [0.29, 0.717) is 111 Å². The molecule has 8 bridgehead atoms. The summed E-state index contributed by atoms with van der Waals surface area (Å²) in [5.74, 6) is 1.72. The van der Waals surface area contributed by atoms with Gasteiger partial charge in [-0.2, -0.15) is 0 Å². The van der Waals surface area contributed by atoms with Crippen molar-refractivity contribution in [2.24, 2.45) is 23.7 Å². The molecule has 4 spiro atoms. The fourth-order valence-corrected chi connectivity index (χ4v) is 26.7. The molecule has 4 N–H and O–H groups in total. The van der Waals surface area contributed by atoms with Crippen molar-refractivity contribution in [3.63, 3.8) is 0 Å². The Balaban J connectivity index is 0.000000111. The van der Waals surface area contributed by atoms with Crippen LogP contribution >= 0.6 is 0 Å². The van der Waals surface area contributed by atoms with E-state index in [0.717, 1.165) is 85.4 Å². The van der Waals surface area contributed by atoms with E-state index in [4.69, 9.17) is 56.8 Å². The molecule has 742 valence electrons. The highest BCUT2D eigenvalue weighted by atomic mass is 16.6. The van der Waals surface area contributed by atoms with Crippen LogP contribution in [0.3, 0.4) is 0 Å². The molecule has 8 aliphatic heterocycles. The van der Waals surface area contributed by atoms with Crippen molar-refractivity contribution in [3.05, 3.63) is 357 Å². The molecule has 10 aromatic rings. The minimum absolute atomic E-state index is 0.0384. The fraction of sp³-hybridized carbons (Fsp3) is 0.350. The highest BCUT2D eigenvalue weighted by molar-refractivity contribution is 5.95. The minimum atomic E-state index is -0.764. The minimum Gasteiger partial charge on any atom is -0.504 e. The van der Waals surface area contributed by atoms with Crippen LogP contribution < -0.4 is 43.9 Å². The molecule has 16 aliphatic rings. The van der Waals surface area contributed by atoms with Gasteiger partial charge in [-0.1, -0.05) is 164 Å². The first-order valence-electron chi connectivity index (χ1n) is 50.2. The Bertz CT molecular complexity index is 6910. The van der Waals surface area contributed by atoms with Crippen molar-refractivity contribution in [1.82, 2.24) is 30.5 Å². The number of amides is 2. The van der Waals surface area contributed by atoms with Gasteiger partial charge < -0.3 is 82.2 Å². The predicted octanol–water partition coefficient (Wildman–Crippen LogP) is 15.8. The van der Waals surface area contributed by atoms with Gasteiger partial charge in [-0.3, -0.25) is 4.90 Å². The summed E-state index contributed by atoms with van der Waals surface area (Å²) in [4.78, 5) is 111. The molecule has 28 nitrogen and oxygen atoms in total. The lowest BCUT2D eigenvalue weighted by molar-refractivity contribution is -0.0730. The van der Waals surface area contributed by atoms with Crippen molar-refractivity contribution in [1.29, 1.82) is 0 Å². The summed E-state index contributed by atoms with van der Waals surface area (Å²) in [6.45, 7) is 10.2. The van der Waals surface area contributed by atoms with Crippen LogP contribution in [0.25, 0.3) is 0 Å². The normalized spacial score (nSPS) is 29.0. The molecule has 2 amide bonds. The SMILES string of the molecule is CC(C)OC(=O)NN(CN1CC[C@]23c4c5ccc(OC(=O)c6ccccc6)c4O[C@H]2[C@@H](OC(=O)c2ccccc2)C=C[C@H]3[C@H]1C5)C(=O)OC(C)C.CN1CC[C@]23c4c5ccc(O)c4O[C@H]2[C@@H](O)C=C[C@H]3[C@H]1C5.CN1CC[C@]23c4c5ccc(OC(=O)c6ccccc6)c4O[C@H]2[C@@H](OC(=O)c2ccccc2)C=C[C@H]3[C@H]1C5.O=C(Oc1ccc2c3c1O[C@H]1[C@@H](OC(=O)c4ccccc4)C=C[C@H]4[C@@H](C2)NCC[C@@]341)c1ccccc1. The van der Waals surface area contributed by atoms with Crippen LogP contribution in [0, 0.1) is 23.7 Å². The predicted molar refractivity (Wildman–Crippen MR) is 531 cm³/mol. The average Bonchev–Trinajstić information content (AvgIpc) is 1.55. The van der Waals surface area contributed by atoms with Crippen LogP contribution in [0.5, 0.6) is 46.0 Å². The topological polar surface area (TPSA) is 325 Å². The number of phenols is 1. The zero-order valence-electron chi connectivity index (χ0n) is 81.0. The van der Waals surface area contributed by atoms with E-state index in [9.17, 15) is 48.6 Å². The maximum atomic E-state index is 13.4. The highest BCUT2D eigenvalue weighted by Crippen LogP contribution is 2.68. The summed E-state index contributed by atoms with van der Waals surface area (Å²) in [5.41, 5.74) is 12.9. The number of ether oxygens (including phenoxy) is 12. The molecule has 0 unspecified atom stereocenters. The summed E-state index contributed by atoms with van der Waals surface area (Å²) < 4.78 is 73.0. The lowest BCUT2D eigenvalue weighted by atomic mass is 9.53. The molecular formula is C117H112N6O22. The Labute approximate surface area is 838 Å². The van der Waals surface area contributed by atoms with Gasteiger partial charge in [0.1, 0.15) is 30.5 Å². The number of rotatable bonds is 16. The second-order valence-corrected chi connectivity index (χ2v) is 41.1. The van der Waals surface area contributed by atoms with Crippen molar-refractivity contribution in [2.45, 2.75) is 186 Å². The standard InChI is InChI=1S/C39H41N3O9.C31H27NO5.C30H25NO5.C17H19NO3/c1-23(2)47-37(45)40-42(38(46)48-24(3)4)22-41-20-19-39-28-16-18-31(50-36(44)26-13-9-6-10-14-26)34(39)51-33-30(17-15-27(32(33)39)21-29(28)41)49-35(43)25-11-7-5-8-12-25;1-32-17-16-31-22-13-15-25(36-30(34)20-10-6-3-7-11-20)28(31)37-27-24(14-12-21(26(27)31)18-23(22)32)35-29(33)19-8-4-2-5-9-19;32-28(18-7-3-1-4-8-18)34-23-13-11-20-17-22-21-12-14-24(35-29(33)19-9-5-2-6-10-19)27-30(21,15-16-31-22)25(20)26(23)36-27;1-18-7-6-17-10-3-5-13(20)16(17)21-15-12(19)4-2-9(14(15)17)8-11(10)18/h5-18,23-24,28-29,31,34H,19-22H2,1-4H3,(H,40,45);2-15,22-23,25,28H,16-18H2,1H3;1-14,21-22,24,27,31H,15-17H2;2-5,10-11,13,16,19-20H,6-8H2,1H3/t28-,29+,31-,34-,39-;22-,23+,25-,28-,31-;21-,22+,24-,27-,30-;10-,11+,13-,16-,17-/m0000/s1. The molecule has 8 heterocycles. The first-order chi connectivity index (χ1) is 70.4. The number of nitrogens with one attached hydrogen (secondary N) is 2. The molecule has 8 aliphatic carbocycles. The quantitative estimate of drug-likeness (QED) is 0.0229. The lowest BCUT2D eigenvalue weighted by Crippen LogP contribution is -2.67. The Morgan fingerprint density at radius 3 is 1.14 bits per heavy atom. The highest BCUT2D eigenvalue weighted by Gasteiger charge is 2.70. The smallest absolute Gasteiger partial charge is 0.430 e. The number of carbonyl (C=O) groups is 8. The Kier molecular flexibility index (Phi) is 24.3. The second-order valence-electron chi connectivity index (χ2n) is 41.1. The molecule has 0 aromatic heterocycles. The summed E-state index contributed by atoms with van der Waals surface area (Å²) >= 11 is 0. The number of hydrogen-bond acceptors (Lipinski definition) is 26. The number of likely N-dealkylation sites (tertiary alicyclic amines) is 3. The average molecular weight is 1950 g/mol. The van der Waals surface area contributed by atoms with Crippen LogP contribution in [0.2, 0.25) is 0 Å². The van der Waals surface area contributed by atoms with Gasteiger partial charge in [0.15, 0.2) is 64.3 Å². The van der Waals surface area contributed by atoms with Crippen molar-refractivity contribution < 1.29 is 105 Å². The monoisotopic (exact) mass is 1950 g/mol. The number of hydrazine groups is 1. The van der Waals surface area contributed by atoms with Crippen LogP contribution in [-0.2, 0) is 71.0 Å². The third-order valence-electron chi connectivity index (χ3n) is 32.7. The molecule has 20 atom stereocenters. The number of piperidine rings is 4. The molecule has 10 aromatic carbocycles. The third kappa shape index (κ3) is 16.0. The summed E-state index contributed by atoms with van der Waals surface area (Å²) in [5, 5.41) is 25.5. The van der Waals surface area contributed by atoms with Crippen LogP contribution in [-0.4, -0.2) is 210 Å². The summed E-state index contributed by atoms with van der Waals surface area (Å²) in [6.07, 6.45) is 16.6. The third-order valence-corrected chi connectivity index (χ3v) is 32.7. The van der Waals surface area contributed by atoms with Crippen molar-refractivity contribution in [2.75, 3.05) is 46.9 Å². The van der Waals surface area contributed by atoms with Crippen LogP contribution in [0.1, 0.15) is 160 Å². The van der Waals surface area contributed by atoms with Gasteiger partial charge in [0.25, 0.3) is 0 Å². The number of aliphatic hydroxyl groups excluding tert-OH is 1. The fourth-order valence-electron chi connectivity index (χ4n) is 26.7. The Morgan fingerprint density at radius 2 is 0.724 bits per heavy atom. The number of esters is 6. The number of likely N-dealkylation sites (N-methyl/N-ethyl adjacent to an activating group) is 2. The molecular weight excluding hydrogens is 1840 g/mol. The van der Waals surface area contributed by atoms with Gasteiger partial charge in [-0.15, -0.1) is 0 Å². The molecule has 28 heteroatoms. The van der Waals surface area contributed by atoms with E-state index in [1.54, 1.807) is 137 Å². The summed E-state index contributed by atoms with van der Waals surface area (Å²) in [6, 6.07) is 69.7. The number of benzene rings is 10. The molecule has 0 radical (unpaired) electrons. The first-order valence-corrected chi connectivity index (χ1v) is 50.2. The van der Waals surface area contributed by atoms with E-state index < -0.39 is 90.3 Å². The zero-order chi connectivity index (χ0) is 99.6. The molecule has 26 rings (SSSR count). The van der Waals surface area contributed by atoms with Crippen LogP contribution in [0.15, 0.2) is 279 Å². The lowest BCUT2D eigenvalue weighted by Gasteiger charge is -2.57. The first kappa shape index (κ1) is 93.9. The number of hydrogen-bond donors (Lipinski definition) is 4. The number of nitrogens with zero attached hydrogens (tertiary/aromatic N) is 4. The van der Waals surface area contributed by atoms with E-state index in [-0.39, 0.29) is 82.6 Å². The second kappa shape index (κ2) is 37.5. The van der Waals surface area contributed by atoms with Gasteiger partial charge in [0, 0.05) is 98.3 Å². The van der Waals surface area contributed by atoms with E-state index in [1.165, 1.54) is 22.3 Å².